The number of hydrogen-bond donors (Lipinski definition) is 2. The van der Waals surface area contributed by atoms with E-state index in [1.54, 1.807) is 19.1 Å². The average Bonchev–Trinajstić information content (AvgIpc) is 3.05. The predicted molar refractivity (Wildman–Crippen MR) is 83.7 cm³/mol. The fourth-order valence-electron chi connectivity index (χ4n) is 1.92. The number of hydrogen-bond acceptors (Lipinski definition) is 6. The Hall–Kier alpha value is -1.67. The lowest BCUT2D eigenvalue weighted by Gasteiger charge is -2.10. The zero-order chi connectivity index (χ0) is 15.8. The van der Waals surface area contributed by atoms with Crippen LogP contribution >= 0.6 is 11.8 Å². The lowest BCUT2D eigenvalue weighted by atomic mass is 10.2. The molecule has 120 valence electrons. The Balaban J connectivity index is 1.69. The average molecular weight is 324 g/mol. The quantitative estimate of drug-likeness (QED) is 0.732. The molecule has 1 fully saturated rings. The van der Waals surface area contributed by atoms with E-state index in [9.17, 15) is 9.59 Å². The second-order valence-corrected chi connectivity index (χ2v) is 5.88. The summed E-state index contributed by atoms with van der Waals surface area (Å²) >= 11 is 1.31. The predicted octanol–water partition coefficient (Wildman–Crippen LogP) is 1.21. The summed E-state index contributed by atoms with van der Waals surface area (Å²) in [6.07, 6.45) is 2.61. The third-order valence-electron chi connectivity index (χ3n) is 3.13. The third kappa shape index (κ3) is 5.61. The minimum Gasteiger partial charge on any atom is -0.376 e. The van der Waals surface area contributed by atoms with Gasteiger partial charge in [-0.25, -0.2) is 0 Å². The summed E-state index contributed by atoms with van der Waals surface area (Å²) in [5, 5.41) is 14.0. The van der Waals surface area contributed by atoms with Crippen LogP contribution in [0, 0.1) is 0 Å². The maximum absolute atomic E-state index is 11.7. The van der Waals surface area contributed by atoms with Gasteiger partial charge in [0, 0.05) is 19.6 Å². The molecule has 2 N–H and O–H groups in total. The van der Waals surface area contributed by atoms with Gasteiger partial charge in [0.15, 0.2) is 5.82 Å². The van der Waals surface area contributed by atoms with E-state index in [0.717, 1.165) is 19.4 Å². The monoisotopic (exact) mass is 324 g/mol. The van der Waals surface area contributed by atoms with Gasteiger partial charge in [-0.3, -0.25) is 9.59 Å². The van der Waals surface area contributed by atoms with Crippen LogP contribution in [-0.2, 0) is 14.3 Å². The van der Waals surface area contributed by atoms with Crippen LogP contribution in [0.5, 0.6) is 0 Å². The normalized spacial score (nSPS) is 17.2. The molecule has 1 aliphatic heterocycles. The minimum atomic E-state index is -0.108. The van der Waals surface area contributed by atoms with Gasteiger partial charge >= 0.3 is 0 Å². The Labute approximate surface area is 133 Å². The van der Waals surface area contributed by atoms with Crippen molar-refractivity contribution in [3.63, 3.8) is 0 Å². The highest BCUT2D eigenvalue weighted by atomic mass is 32.2. The van der Waals surface area contributed by atoms with Crippen molar-refractivity contribution in [1.82, 2.24) is 15.5 Å². The Bertz CT molecular complexity index is 503. The van der Waals surface area contributed by atoms with Gasteiger partial charge in [0.1, 0.15) is 5.03 Å². The molecule has 0 bridgehead atoms. The Morgan fingerprint density at radius 1 is 1.36 bits per heavy atom. The molecule has 7 nitrogen and oxygen atoms in total. The fraction of sp³-hybridized carbons (Fsp3) is 0.571. The Morgan fingerprint density at radius 2 is 2.23 bits per heavy atom. The molecule has 0 radical (unpaired) electrons. The van der Waals surface area contributed by atoms with Gasteiger partial charge < -0.3 is 15.4 Å². The van der Waals surface area contributed by atoms with Crippen LogP contribution in [0.2, 0.25) is 0 Å². The number of aromatic nitrogens is 2. The highest BCUT2D eigenvalue weighted by molar-refractivity contribution is 7.99. The minimum absolute atomic E-state index is 0.0503. The maximum Gasteiger partial charge on any atom is 0.230 e. The topological polar surface area (TPSA) is 93.2 Å². The number of nitrogens with one attached hydrogen (secondary N) is 2. The molecule has 2 amide bonds. The molecular formula is C14H20N4O3S. The number of anilines is 1. The summed E-state index contributed by atoms with van der Waals surface area (Å²) in [6, 6.07) is 3.41. The summed E-state index contributed by atoms with van der Waals surface area (Å²) in [6.45, 7) is 3.11. The van der Waals surface area contributed by atoms with E-state index in [1.165, 1.54) is 11.8 Å². The van der Waals surface area contributed by atoms with Gasteiger partial charge in [0.2, 0.25) is 11.8 Å². The van der Waals surface area contributed by atoms with E-state index in [0.29, 0.717) is 23.8 Å². The molecule has 0 saturated carbocycles. The molecule has 1 aromatic heterocycles. The molecular weight excluding hydrogens is 304 g/mol. The second-order valence-electron chi connectivity index (χ2n) is 4.89. The first-order chi connectivity index (χ1) is 10.7. The van der Waals surface area contributed by atoms with Crippen molar-refractivity contribution in [1.29, 1.82) is 0 Å². The third-order valence-corrected chi connectivity index (χ3v) is 4.05. The molecule has 1 saturated heterocycles. The van der Waals surface area contributed by atoms with Crippen LogP contribution in [0.3, 0.4) is 0 Å². The van der Waals surface area contributed by atoms with Crippen LogP contribution in [0.25, 0.3) is 0 Å². The van der Waals surface area contributed by atoms with E-state index >= 15 is 0 Å². The second kappa shape index (κ2) is 8.70. The van der Waals surface area contributed by atoms with Crippen LogP contribution in [0.15, 0.2) is 17.2 Å². The number of nitrogens with zero attached hydrogens (tertiary/aromatic N) is 2. The standard InChI is InChI=1S/C14H20N4O3S/c1-2-12(19)16-11-5-6-14(18-17-11)22-9-13(20)15-8-10-4-3-7-21-10/h5-6,10H,2-4,7-9H2,1H3,(H,15,20)(H,16,17,19). The van der Waals surface area contributed by atoms with Gasteiger partial charge in [0.05, 0.1) is 11.9 Å². The molecule has 2 rings (SSSR count). The van der Waals surface area contributed by atoms with Gasteiger partial charge in [-0.1, -0.05) is 18.7 Å². The maximum atomic E-state index is 11.7. The van der Waals surface area contributed by atoms with Crippen LogP contribution in [-0.4, -0.2) is 47.0 Å². The van der Waals surface area contributed by atoms with E-state index in [2.05, 4.69) is 20.8 Å². The molecule has 2 heterocycles. The van der Waals surface area contributed by atoms with Gasteiger partial charge in [0.25, 0.3) is 0 Å². The van der Waals surface area contributed by atoms with Gasteiger partial charge in [-0.05, 0) is 25.0 Å². The summed E-state index contributed by atoms with van der Waals surface area (Å²) in [5.74, 6) is 0.537. The molecule has 8 heteroatoms. The number of ether oxygens (including phenoxy) is 1. The smallest absolute Gasteiger partial charge is 0.230 e. The van der Waals surface area contributed by atoms with E-state index in [4.69, 9.17) is 4.74 Å². The number of carbonyl (C=O) groups is 2. The first kappa shape index (κ1) is 16.7. The van der Waals surface area contributed by atoms with E-state index < -0.39 is 0 Å². The summed E-state index contributed by atoms with van der Waals surface area (Å²) in [5.41, 5.74) is 0. The molecule has 1 unspecified atom stereocenters. The molecule has 22 heavy (non-hydrogen) atoms. The molecule has 0 aliphatic carbocycles. The van der Waals surface area contributed by atoms with Crippen LogP contribution in [0.1, 0.15) is 26.2 Å². The number of carbonyl (C=O) groups excluding carboxylic acids is 2. The summed E-state index contributed by atoms with van der Waals surface area (Å²) in [7, 11) is 0. The molecule has 1 aliphatic rings. The SMILES string of the molecule is CCC(=O)Nc1ccc(SCC(=O)NCC2CCCO2)nn1. The first-order valence-electron chi connectivity index (χ1n) is 7.32. The van der Waals surface area contributed by atoms with E-state index in [1.807, 2.05) is 0 Å². The van der Waals surface area contributed by atoms with Crippen LogP contribution in [0.4, 0.5) is 5.82 Å². The Morgan fingerprint density at radius 3 is 2.86 bits per heavy atom. The largest absolute Gasteiger partial charge is 0.376 e. The fourth-order valence-corrected chi connectivity index (χ4v) is 2.56. The zero-order valence-corrected chi connectivity index (χ0v) is 13.3. The van der Waals surface area contributed by atoms with Crippen molar-refractivity contribution in [2.24, 2.45) is 0 Å². The number of rotatable bonds is 7. The molecule has 1 aromatic rings. The van der Waals surface area contributed by atoms with Crippen LogP contribution < -0.4 is 10.6 Å². The summed E-state index contributed by atoms with van der Waals surface area (Å²) < 4.78 is 5.44. The van der Waals surface area contributed by atoms with Crippen molar-refractivity contribution in [2.75, 3.05) is 24.2 Å². The Kier molecular flexibility index (Phi) is 6.60. The van der Waals surface area contributed by atoms with Gasteiger partial charge in [-0.15, -0.1) is 10.2 Å². The number of amides is 2. The van der Waals surface area contributed by atoms with Gasteiger partial charge in [-0.2, -0.15) is 0 Å². The lowest BCUT2D eigenvalue weighted by Crippen LogP contribution is -2.32. The zero-order valence-electron chi connectivity index (χ0n) is 12.5. The van der Waals surface area contributed by atoms with Crippen molar-refractivity contribution < 1.29 is 14.3 Å². The number of thioether (sulfide) groups is 1. The van der Waals surface area contributed by atoms with Crippen molar-refractivity contribution >= 4 is 29.4 Å². The van der Waals surface area contributed by atoms with E-state index in [-0.39, 0.29) is 23.7 Å². The van der Waals surface area contributed by atoms with Crippen molar-refractivity contribution in [3.05, 3.63) is 12.1 Å². The molecule has 0 spiro atoms. The molecule has 0 aromatic carbocycles. The summed E-state index contributed by atoms with van der Waals surface area (Å²) in [4.78, 5) is 22.9. The van der Waals surface area contributed by atoms with Crippen molar-refractivity contribution in [3.8, 4) is 0 Å². The molecule has 1 atom stereocenters. The van der Waals surface area contributed by atoms with Crippen molar-refractivity contribution in [2.45, 2.75) is 37.3 Å². The first-order valence-corrected chi connectivity index (χ1v) is 8.30. The lowest BCUT2D eigenvalue weighted by molar-refractivity contribution is -0.119. The highest BCUT2D eigenvalue weighted by Crippen LogP contribution is 2.15. The highest BCUT2D eigenvalue weighted by Gasteiger charge is 2.16.